The molecule has 0 saturated heterocycles. The van der Waals surface area contributed by atoms with Crippen LogP contribution in [0.3, 0.4) is 0 Å². The van der Waals surface area contributed by atoms with E-state index in [0.29, 0.717) is 4.88 Å². The maximum absolute atomic E-state index is 12.5. The Morgan fingerprint density at radius 1 is 1.27 bits per heavy atom. The molecule has 0 aliphatic rings. The Kier molecular flexibility index (Phi) is 4.40. The molecule has 1 aromatic carbocycles. The van der Waals surface area contributed by atoms with Crippen LogP contribution in [-0.2, 0) is 6.42 Å². The Morgan fingerprint density at radius 3 is 2.59 bits per heavy atom. The molecule has 0 bridgehead atoms. The van der Waals surface area contributed by atoms with Crippen LogP contribution in [0.4, 0.5) is 5.69 Å². The fraction of sp³-hybridized carbons (Fsp3) is 0.125. The third kappa shape index (κ3) is 3.13. The Labute approximate surface area is 140 Å². The summed E-state index contributed by atoms with van der Waals surface area (Å²) in [5.41, 5.74) is 1.59. The molecule has 0 fully saturated rings. The van der Waals surface area contributed by atoms with E-state index in [4.69, 9.17) is 0 Å². The molecule has 6 heteroatoms. The largest absolute Gasteiger partial charge is 0.321 e. The van der Waals surface area contributed by atoms with Gasteiger partial charge in [-0.25, -0.2) is 4.98 Å². The molecule has 0 atom stereocenters. The van der Waals surface area contributed by atoms with Crippen LogP contribution in [0.5, 0.6) is 0 Å². The van der Waals surface area contributed by atoms with Crippen molar-refractivity contribution in [1.82, 2.24) is 9.55 Å². The van der Waals surface area contributed by atoms with Crippen LogP contribution in [0.15, 0.2) is 53.3 Å². The lowest BCUT2D eigenvalue weighted by molar-refractivity contribution is 0.102. The summed E-state index contributed by atoms with van der Waals surface area (Å²) in [4.78, 5) is 17.7. The highest BCUT2D eigenvalue weighted by Crippen LogP contribution is 2.24. The fourth-order valence-corrected chi connectivity index (χ4v) is 3.33. The minimum atomic E-state index is -0.116. The van der Waals surface area contributed by atoms with Gasteiger partial charge in [0.1, 0.15) is 4.88 Å². The van der Waals surface area contributed by atoms with Crippen molar-refractivity contribution in [2.75, 3.05) is 5.32 Å². The highest BCUT2D eigenvalue weighted by Gasteiger charge is 2.17. The van der Waals surface area contributed by atoms with Gasteiger partial charge in [-0.15, -0.1) is 0 Å². The second-order valence-electron chi connectivity index (χ2n) is 4.68. The second kappa shape index (κ2) is 6.46. The normalized spacial score (nSPS) is 10.6. The highest BCUT2D eigenvalue weighted by atomic mass is 79.9. The first-order valence-electron chi connectivity index (χ1n) is 6.87. The van der Waals surface area contributed by atoms with Gasteiger partial charge in [-0.2, -0.15) is 0 Å². The zero-order valence-electron chi connectivity index (χ0n) is 11.9. The maximum Gasteiger partial charge on any atom is 0.267 e. The molecule has 0 aliphatic carbocycles. The standard InChI is InChI=1S/C16H14BrN3OS/c1-2-13-14(22-16(19-13)20-9-3-4-10-20)15(21)18-12-7-5-11(17)6-8-12/h3-10H,2H2,1H3,(H,18,21). The van der Waals surface area contributed by atoms with E-state index >= 15 is 0 Å². The summed E-state index contributed by atoms with van der Waals surface area (Å²) in [6.07, 6.45) is 4.57. The van der Waals surface area contributed by atoms with E-state index in [9.17, 15) is 4.79 Å². The van der Waals surface area contributed by atoms with Crippen LogP contribution < -0.4 is 5.32 Å². The smallest absolute Gasteiger partial charge is 0.267 e. The van der Waals surface area contributed by atoms with Gasteiger partial charge in [0.25, 0.3) is 5.91 Å². The molecule has 1 amide bonds. The van der Waals surface area contributed by atoms with Gasteiger partial charge in [-0.05, 0) is 42.8 Å². The molecule has 1 N–H and O–H groups in total. The van der Waals surface area contributed by atoms with Crippen molar-refractivity contribution in [3.05, 3.63) is 63.8 Å². The van der Waals surface area contributed by atoms with Gasteiger partial charge in [-0.1, -0.05) is 34.2 Å². The Bertz CT molecular complexity index is 778. The molecule has 0 aliphatic heterocycles. The van der Waals surface area contributed by atoms with Crippen molar-refractivity contribution in [2.24, 2.45) is 0 Å². The third-order valence-electron chi connectivity index (χ3n) is 3.15. The van der Waals surface area contributed by atoms with Crippen molar-refractivity contribution in [1.29, 1.82) is 0 Å². The van der Waals surface area contributed by atoms with Crippen molar-refractivity contribution < 1.29 is 4.79 Å². The van der Waals surface area contributed by atoms with Gasteiger partial charge in [0.2, 0.25) is 0 Å². The number of nitrogens with one attached hydrogen (secondary N) is 1. The minimum absolute atomic E-state index is 0.116. The number of aryl methyl sites for hydroxylation is 1. The molecule has 0 unspecified atom stereocenters. The summed E-state index contributed by atoms with van der Waals surface area (Å²) in [5.74, 6) is -0.116. The van der Waals surface area contributed by atoms with Crippen molar-refractivity contribution in [2.45, 2.75) is 13.3 Å². The lowest BCUT2D eigenvalue weighted by atomic mass is 10.2. The Morgan fingerprint density at radius 2 is 1.95 bits per heavy atom. The first kappa shape index (κ1) is 15.0. The molecule has 3 aromatic rings. The van der Waals surface area contributed by atoms with Crippen LogP contribution in [0, 0.1) is 0 Å². The van der Waals surface area contributed by atoms with Crippen molar-refractivity contribution >= 4 is 38.9 Å². The topological polar surface area (TPSA) is 46.9 Å². The van der Waals surface area contributed by atoms with Crippen molar-refractivity contribution in [3.8, 4) is 5.13 Å². The number of carbonyl (C=O) groups is 1. The van der Waals surface area contributed by atoms with Crippen LogP contribution in [0.2, 0.25) is 0 Å². The van der Waals surface area contributed by atoms with E-state index in [1.54, 1.807) is 0 Å². The number of hydrogen-bond donors (Lipinski definition) is 1. The second-order valence-corrected chi connectivity index (χ2v) is 6.57. The molecule has 4 nitrogen and oxygen atoms in total. The van der Waals surface area contributed by atoms with E-state index in [1.165, 1.54) is 11.3 Å². The first-order chi connectivity index (χ1) is 10.7. The van der Waals surface area contributed by atoms with Gasteiger partial charge in [0.05, 0.1) is 5.69 Å². The molecule has 3 rings (SSSR count). The van der Waals surface area contributed by atoms with E-state index < -0.39 is 0 Å². The van der Waals surface area contributed by atoms with Gasteiger partial charge in [-0.3, -0.25) is 4.79 Å². The number of anilines is 1. The SMILES string of the molecule is CCc1nc(-n2cccc2)sc1C(=O)Nc1ccc(Br)cc1. The summed E-state index contributed by atoms with van der Waals surface area (Å²) in [6, 6.07) is 11.4. The maximum atomic E-state index is 12.5. The Hall–Kier alpha value is -1.92. The number of halogens is 1. The van der Waals surface area contributed by atoms with Gasteiger partial charge >= 0.3 is 0 Å². The van der Waals surface area contributed by atoms with Gasteiger partial charge < -0.3 is 9.88 Å². The van der Waals surface area contributed by atoms with Gasteiger partial charge in [0.15, 0.2) is 5.13 Å². The molecular weight excluding hydrogens is 362 g/mol. The summed E-state index contributed by atoms with van der Waals surface area (Å²) in [6.45, 7) is 2.00. The predicted molar refractivity (Wildman–Crippen MR) is 92.9 cm³/mol. The summed E-state index contributed by atoms with van der Waals surface area (Å²) >= 11 is 4.78. The van der Waals surface area contributed by atoms with Crippen LogP contribution in [0.25, 0.3) is 5.13 Å². The first-order valence-corrected chi connectivity index (χ1v) is 8.48. The predicted octanol–water partition coefficient (Wildman–Crippen LogP) is 4.51. The molecule has 22 heavy (non-hydrogen) atoms. The minimum Gasteiger partial charge on any atom is -0.321 e. The molecular formula is C16H14BrN3OS. The highest BCUT2D eigenvalue weighted by molar-refractivity contribution is 9.10. The zero-order valence-corrected chi connectivity index (χ0v) is 14.3. The van der Waals surface area contributed by atoms with Crippen LogP contribution in [-0.4, -0.2) is 15.5 Å². The molecule has 0 radical (unpaired) electrons. The number of aromatic nitrogens is 2. The third-order valence-corrected chi connectivity index (χ3v) is 4.79. The Balaban J connectivity index is 1.87. The van der Waals surface area contributed by atoms with E-state index in [0.717, 1.165) is 27.4 Å². The summed E-state index contributed by atoms with van der Waals surface area (Å²) in [7, 11) is 0. The fourth-order valence-electron chi connectivity index (χ4n) is 2.05. The number of hydrogen-bond acceptors (Lipinski definition) is 3. The quantitative estimate of drug-likeness (QED) is 0.728. The van der Waals surface area contributed by atoms with Gasteiger partial charge in [0, 0.05) is 22.6 Å². The monoisotopic (exact) mass is 375 g/mol. The van der Waals surface area contributed by atoms with E-state index in [2.05, 4.69) is 26.2 Å². The van der Waals surface area contributed by atoms with E-state index in [-0.39, 0.29) is 5.91 Å². The number of carbonyl (C=O) groups excluding carboxylic acids is 1. The molecule has 2 heterocycles. The van der Waals surface area contributed by atoms with Crippen LogP contribution in [0.1, 0.15) is 22.3 Å². The number of rotatable bonds is 4. The van der Waals surface area contributed by atoms with Crippen molar-refractivity contribution in [3.63, 3.8) is 0 Å². The molecule has 0 saturated carbocycles. The number of amides is 1. The van der Waals surface area contributed by atoms with Crippen LogP contribution >= 0.6 is 27.3 Å². The lowest BCUT2D eigenvalue weighted by Crippen LogP contribution is -2.12. The number of nitrogens with zero attached hydrogens (tertiary/aromatic N) is 2. The summed E-state index contributed by atoms with van der Waals surface area (Å²) in [5, 5.41) is 3.73. The average molecular weight is 376 g/mol. The molecule has 112 valence electrons. The lowest BCUT2D eigenvalue weighted by Gasteiger charge is -2.04. The molecule has 2 aromatic heterocycles. The zero-order chi connectivity index (χ0) is 15.5. The molecule has 0 spiro atoms. The number of thiazole rings is 1. The van der Waals surface area contributed by atoms with E-state index in [1.807, 2.05) is 60.3 Å². The summed E-state index contributed by atoms with van der Waals surface area (Å²) < 4.78 is 2.90. The number of benzene rings is 1. The average Bonchev–Trinajstić information content (AvgIpc) is 3.18.